The zero-order valence-electron chi connectivity index (χ0n) is 14.9. The number of aryl methyl sites for hydroxylation is 1. The van der Waals surface area contributed by atoms with E-state index < -0.39 is 0 Å². The van der Waals surface area contributed by atoms with Gasteiger partial charge in [0.2, 0.25) is 11.2 Å². The van der Waals surface area contributed by atoms with Crippen molar-refractivity contribution in [3.8, 4) is 5.75 Å². The molecule has 4 aromatic rings. The summed E-state index contributed by atoms with van der Waals surface area (Å²) in [4.78, 5) is 16.3. The van der Waals surface area contributed by atoms with Gasteiger partial charge in [0.15, 0.2) is 0 Å². The number of ether oxygens (including phenoxy) is 1. The molecule has 3 heterocycles. The average molecular weight is 360 g/mol. The first-order chi connectivity index (χ1) is 13.3. The first kappa shape index (κ1) is 17.1. The molecule has 0 saturated carbocycles. The summed E-state index contributed by atoms with van der Waals surface area (Å²) < 4.78 is 13.2. The summed E-state index contributed by atoms with van der Waals surface area (Å²) in [6, 6.07) is 13.6. The number of hydrogen-bond acceptors (Lipinski definition) is 4. The van der Waals surface area contributed by atoms with Gasteiger partial charge in [-0.25, -0.2) is 0 Å². The van der Waals surface area contributed by atoms with E-state index in [1.54, 1.807) is 12.4 Å². The Morgan fingerprint density at radius 1 is 1.04 bits per heavy atom. The van der Waals surface area contributed by atoms with Crippen LogP contribution in [0.3, 0.4) is 0 Å². The topological polar surface area (TPSA) is 57.3 Å². The van der Waals surface area contributed by atoms with Crippen molar-refractivity contribution >= 4 is 10.8 Å². The highest BCUT2D eigenvalue weighted by Crippen LogP contribution is 2.16. The molecular formula is C22H20N2O3. The van der Waals surface area contributed by atoms with Crippen LogP contribution in [0.25, 0.3) is 10.8 Å². The van der Waals surface area contributed by atoms with Crippen molar-refractivity contribution in [2.75, 3.05) is 6.61 Å². The van der Waals surface area contributed by atoms with Gasteiger partial charge >= 0.3 is 0 Å². The second-order valence-corrected chi connectivity index (χ2v) is 6.44. The van der Waals surface area contributed by atoms with E-state index in [4.69, 9.17) is 9.15 Å². The monoisotopic (exact) mass is 360 g/mol. The molecule has 0 fully saturated rings. The number of pyridine rings is 1. The Kier molecular flexibility index (Phi) is 5.01. The van der Waals surface area contributed by atoms with E-state index in [-0.39, 0.29) is 11.2 Å². The number of hydrogen-bond donors (Lipinski definition) is 0. The van der Waals surface area contributed by atoms with Crippen LogP contribution >= 0.6 is 0 Å². The lowest BCUT2D eigenvalue weighted by Gasteiger charge is -2.06. The largest absolute Gasteiger partial charge is 0.487 e. The maximum Gasteiger partial charge on any atom is 0.227 e. The lowest BCUT2D eigenvalue weighted by Crippen LogP contribution is -2.10. The Balaban J connectivity index is 1.35. The highest BCUT2D eigenvalue weighted by Gasteiger charge is 2.06. The molecular weight excluding hydrogens is 340 g/mol. The van der Waals surface area contributed by atoms with Gasteiger partial charge in [-0.15, -0.1) is 0 Å². The standard InChI is InChI=1S/C22H20N2O3/c25-21-12-20(15-24-13-18-5-1-2-6-19(18)14-24)27-16-22(21)26-11-3-4-17-7-9-23-10-8-17/h1-2,5-10,12-14,16H,3-4,11,15H2. The highest BCUT2D eigenvalue weighted by atomic mass is 16.5. The Hall–Kier alpha value is -3.34. The predicted octanol–water partition coefficient (Wildman–Crippen LogP) is 4.05. The molecule has 0 unspecified atom stereocenters. The number of benzene rings is 1. The third-order valence-corrected chi connectivity index (χ3v) is 4.41. The lowest BCUT2D eigenvalue weighted by molar-refractivity contribution is 0.294. The van der Waals surface area contributed by atoms with Crippen LogP contribution in [-0.4, -0.2) is 16.2 Å². The van der Waals surface area contributed by atoms with Crippen LogP contribution in [0, 0.1) is 0 Å². The molecule has 0 amide bonds. The van der Waals surface area contributed by atoms with Crippen LogP contribution in [0.1, 0.15) is 17.7 Å². The van der Waals surface area contributed by atoms with Crippen molar-refractivity contribution in [2.45, 2.75) is 19.4 Å². The summed E-state index contributed by atoms with van der Waals surface area (Å²) in [6.45, 7) is 0.974. The second-order valence-electron chi connectivity index (χ2n) is 6.44. The van der Waals surface area contributed by atoms with Gasteiger partial charge in [0, 0.05) is 30.9 Å². The van der Waals surface area contributed by atoms with Crippen molar-refractivity contribution < 1.29 is 9.15 Å². The van der Waals surface area contributed by atoms with Crippen molar-refractivity contribution in [1.82, 2.24) is 9.55 Å². The molecule has 1 aromatic carbocycles. The van der Waals surface area contributed by atoms with Gasteiger partial charge in [-0.2, -0.15) is 0 Å². The lowest BCUT2D eigenvalue weighted by atomic mass is 10.1. The van der Waals surface area contributed by atoms with Crippen LogP contribution in [0.5, 0.6) is 5.75 Å². The molecule has 0 aliphatic carbocycles. The SMILES string of the molecule is O=c1cc(Cn2cc3ccccc3c2)occ1OCCCc1ccncc1. The summed E-state index contributed by atoms with van der Waals surface area (Å²) >= 11 is 0. The fraction of sp³-hybridized carbons (Fsp3) is 0.182. The second kappa shape index (κ2) is 7.91. The van der Waals surface area contributed by atoms with Gasteiger partial charge in [0.05, 0.1) is 13.2 Å². The molecule has 3 aromatic heterocycles. The quantitative estimate of drug-likeness (QED) is 0.467. The fourth-order valence-electron chi connectivity index (χ4n) is 3.05. The van der Waals surface area contributed by atoms with Crippen molar-refractivity contribution in [2.24, 2.45) is 0 Å². The van der Waals surface area contributed by atoms with Gasteiger partial charge < -0.3 is 13.7 Å². The molecule has 0 aliphatic heterocycles. The van der Waals surface area contributed by atoms with Gasteiger partial charge in [-0.05, 0) is 41.3 Å². The van der Waals surface area contributed by atoms with Gasteiger partial charge in [-0.1, -0.05) is 24.3 Å². The van der Waals surface area contributed by atoms with Crippen LogP contribution < -0.4 is 10.2 Å². The molecule has 0 spiro atoms. The number of rotatable bonds is 7. The first-order valence-corrected chi connectivity index (χ1v) is 8.96. The van der Waals surface area contributed by atoms with E-state index in [2.05, 4.69) is 17.1 Å². The zero-order chi connectivity index (χ0) is 18.5. The smallest absolute Gasteiger partial charge is 0.227 e. The van der Waals surface area contributed by atoms with E-state index in [0.717, 1.165) is 23.6 Å². The van der Waals surface area contributed by atoms with Gasteiger partial charge in [0.25, 0.3) is 0 Å². The van der Waals surface area contributed by atoms with Gasteiger partial charge in [-0.3, -0.25) is 9.78 Å². The van der Waals surface area contributed by atoms with E-state index in [1.165, 1.54) is 17.9 Å². The molecule has 0 N–H and O–H groups in total. The minimum Gasteiger partial charge on any atom is -0.487 e. The Labute approximate surface area is 156 Å². The Bertz CT molecular complexity index is 1050. The van der Waals surface area contributed by atoms with E-state index in [0.29, 0.717) is 18.9 Å². The minimum absolute atomic E-state index is 0.156. The molecule has 5 heteroatoms. The maximum atomic E-state index is 12.3. The molecule has 136 valence electrons. The minimum atomic E-state index is -0.156. The Morgan fingerprint density at radius 3 is 2.48 bits per heavy atom. The summed E-state index contributed by atoms with van der Waals surface area (Å²) in [5.41, 5.74) is 1.05. The molecule has 5 nitrogen and oxygen atoms in total. The van der Waals surface area contributed by atoms with E-state index >= 15 is 0 Å². The molecule has 4 rings (SSSR count). The van der Waals surface area contributed by atoms with E-state index in [1.807, 2.05) is 41.2 Å². The molecule has 0 bridgehead atoms. The Morgan fingerprint density at radius 2 is 1.78 bits per heavy atom. The van der Waals surface area contributed by atoms with Crippen molar-refractivity contribution in [3.63, 3.8) is 0 Å². The van der Waals surface area contributed by atoms with Gasteiger partial charge in [0.1, 0.15) is 12.0 Å². The average Bonchev–Trinajstić information content (AvgIpc) is 3.10. The number of fused-ring (bicyclic) bond motifs is 1. The number of aromatic nitrogens is 2. The van der Waals surface area contributed by atoms with Crippen molar-refractivity contribution in [3.05, 3.63) is 95.1 Å². The third kappa shape index (κ3) is 4.26. The highest BCUT2D eigenvalue weighted by molar-refractivity contribution is 5.82. The fourth-order valence-corrected chi connectivity index (χ4v) is 3.05. The predicted molar refractivity (Wildman–Crippen MR) is 104 cm³/mol. The van der Waals surface area contributed by atoms with E-state index in [9.17, 15) is 4.79 Å². The molecule has 0 atom stereocenters. The summed E-state index contributed by atoms with van der Waals surface area (Å²) in [6.07, 6.45) is 10.7. The van der Waals surface area contributed by atoms with Crippen LogP contribution in [-0.2, 0) is 13.0 Å². The summed E-state index contributed by atoms with van der Waals surface area (Å²) in [5.74, 6) is 0.857. The van der Waals surface area contributed by atoms with Crippen LogP contribution in [0.15, 0.2) is 82.7 Å². The number of nitrogens with zero attached hydrogens (tertiary/aromatic N) is 2. The molecule has 0 radical (unpaired) electrons. The molecule has 0 saturated heterocycles. The zero-order valence-corrected chi connectivity index (χ0v) is 14.9. The summed E-state index contributed by atoms with van der Waals surface area (Å²) in [5, 5.41) is 2.32. The molecule has 0 aliphatic rings. The normalized spacial score (nSPS) is 11.0. The summed E-state index contributed by atoms with van der Waals surface area (Å²) in [7, 11) is 0. The first-order valence-electron chi connectivity index (χ1n) is 8.96. The molecule has 27 heavy (non-hydrogen) atoms. The van der Waals surface area contributed by atoms with Crippen molar-refractivity contribution in [1.29, 1.82) is 0 Å². The van der Waals surface area contributed by atoms with Crippen LogP contribution in [0.4, 0.5) is 0 Å². The van der Waals surface area contributed by atoms with Crippen LogP contribution in [0.2, 0.25) is 0 Å². The maximum absolute atomic E-state index is 12.3. The third-order valence-electron chi connectivity index (χ3n) is 4.41.